The first-order valence-corrected chi connectivity index (χ1v) is 12.5. The molecule has 1 aliphatic heterocycles. The van der Waals surface area contributed by atoms with Crippen LogP contribution in [-0.2, 0) is 4.74 Å². The van der Waals surface area contributed by atoms with Crippen molar-refractivity contribution in [2.45, 2.75) is 31.7 Å². The fraction of sp³-hybridized carbons (Fsp3) is 0.440. The van der Waals surface area contributed by atoms with Crippen LogP contribution in [0.2, 0.25) is 0 Å². The maximum atomic E-state index is 12.1. The zero-order valence-electron chi connectivity index (χ0n) is 20.3. The second-order valence-corrected chi connectivity index (χ2v) is 9.29. The molecule has 1 amide bonds. The van der Waals surface area contributed by atoms with Crippen molar-refractivity contribution in [3.8, 4) is 5.69 Å². The summed E-state index contributed by atoms with van der Waals surface area (Å²) in [5, 5.41) is 11.0. The van der Waals surface area contributed by atoms with Gasteiger partial charge in [0, 0.05) is 50.0 Å². The second-order valence-electron chi connectivity index (χ2n) is 9.29. The van der Waals surface area contributed by atoms with Crippen LogP contribution < -0.4 is 27.0 Å². The Morgan fingerprint density at radius 2 is 2.00 bits per heavy atom. The average molecular weight is 492 g/mol. The minimum absolute atomic E-state index is 0.181. The summed E-state index contributed by atoms with van der Waals surface area (Å²) in [5.74, 6) is 0.565. The molecular formula is C25H33N9O2. The van der Waals surface area contributed by atoms with Gasteiger partial charge in [-0.25, -0.2) is 9.67 Å². The van der Waals surface area contributed by atoms with Gasteiger partial charge in [0.05, 0.1) is 24.6 Å². The van der Waals surface area contributed by atoms with Gasteiger partial charge in [0.2, 0.25) is 5.95 Å². The molecule has 0 unspecified atom stereocenters. The van der Waals surface area contributed by atoms with Crippen molar-refractivity contribution in [1.82, 2.24) is 19.7 Å². The number of benzene rings is 1. The molecule has 190 valence electrons. The Bertz CT molecular complexity index is 1180. The van der Waals surface area contributed by atoms with Crippen molar-refractivity contribution in [1.29, 1.82) is 0 Å². The van der Waals surface area contributed by atoms with Gasteiger partial charge in [-0.2, -0.15) is 10.1 Å². The van der Waals surface area contributed by atoms with Gasteiger partial charge in [0.15, 0.2) is 0 Å². The minimum atomic E-state index is -0.597. The van der Waals surface area contributed by atoms with Crippen molar-refractivity contribution >= 4 is 29.0 Å². The van der Waals surface area contributed by atoms with E-state index in [4.69, 9.17) is 16.2 Å². The summed E-state index contributed by atoms with van der Waals surface area (Å²) in [5.41, 5.74) is 14.9. The first-order chi connectivity index (χ1) is 17.6. The zero-order valence-corrected chi connectivity index (χ0v) is 20.3. The van der Waals surface area contributed by atoms with E-state index >= 15 is 0 Å². The standard InChI is InChI=1S/C25H33N9O2/c26-20-5-2-1-4-17(20)15-28-25-29-16-19(23(27)35)24(32-25)31-18-6-7-21(34-9-3-8-30-34)22(14-18)33-10-12-36-13-11-33/h3,6-9,14,16-17,20H,1-2,4-5,10-13,15,26H2,(H2,27,35)(H2,28,29,31,32)/t17-,20-/m0/s1. The molecule has 2 atom stereocenters. The maximum Gasteiger partial charge on any atom is 0.254 e. The number of anilines is 4. The summed E-state index contributed by atoms with van der Waals surface area (Å²) >= 11 is 0. The largest absolute Gasteiger partial charge is 0.378 e. The number of ether oxygens (including phenoxy) is 1. The van der Waals surface area contributed by atoms with Crippen LogP contribution in [0.25, 0.3) is 5.69 Å². The predicted molar refractivity (Wildman–Crippen MR) is 139 cm³/mol. The molecule has 2 aliphatic rings. The van der Waals surface area contributed by atoms with Crippen molar-refractivity contribution < 1.29 is 9.53 Å². The van der Waals surface area contributed by atoms with E-state index in [2.05, 4.69) is 30.6 Å². The molecular weight excluding hydrogens is 458 g/mol. The molecule has 2 fully saturated rings. The molecule has 36 heavy (non-hydrogen) atoms. The molecule has 1 saturated carbocycles. The Balaban J connectivity index is 1.41. The molecule has 3 heterocycles. The second kappa shape index (κ2) is 10.9. The number of primary amides is 1. The number of morpholine rings is 1. The first-order valence-electron chi connectivity index (χ1n) is 12.5. The van der Waals surface area contributed by atoms with E-state index in [1.165, 1.54) is 19.0 Å². The Kier molecular flexibility index (Phi) is 7.28. The summed E-state index contributed by atoms with van der Waals surface area (Å²) in [6.45, 7) is 3.56. The van der Waals surface area contributed by atoms with Gasteiger partial charge in [0.1, 0.15) is 11.4 Å². The molecule has 1 aliphatic carbocycles. The van der Waals surface area contributed by atoms with Crippen LogP contribution in [-0.4, -0.2) is 64.5 Å². The summed E-state index contributed by atoms with van der Waals surface area (Å²) in [7, 11) is 0. The van der Waals surface area contributed by atoms with Crippen molar-refractivity contribution in [2.24, 2.45) is 17.4 Å². The lowest BCUT2D eigenvalue weighted by molar-refractivity contribution is 0.100. The number of nitrogens with zero attached hydrogens (tertiary/aromatic N) is 5. The van der Waals surface area contributed by atoms with Gasteiger partial charge in [-0.15, -0.1) is 0 Å². The molecule has 1 saturated heterocycles. The highest BCUT2D eigenvalue weighted by molar-refractivity contribution is 5.98. The molecule has 0 radical (unpaired) electrons. The number of aromatic nitrogens is 4. The molecule has 0 bridgehead atoms. The molecule has 5 rings (SSSR count). The molecule has 1 aromatic carbocycles. The Hall–Kier alpha value is -3.70. The van der Waals surface area contributed by atoms with Crippen LogP contribution in [0.15, 0.2) is 42.9 Å². The summed E-state index contributed by atoms with van der Waals surface area (Å²) in [4.78, 5) is 23.3. The number of nitrogens with two attached hydrogens (primary N) is 2. The lowest BCUT2D eigenvalue weighted by atomic mass is 9.85. The van der Waals surface area contributed by atoms with Crippen LogP contribution in [0.1, 0.15) is 36.0 Å². The van der Waals surface area contributed by atoms with Crippen LogP contribution in [0.5, 0.6) is 0 Å². The lowest BCUT2D eigenvalue weighted by Gasteiger charge is -2.31. The summed E-state index contributed by atoms with van der Waals surface area (Å²) in [6.07, 6.45) is 9.63. The summed E-state index contributed by atoms with van der Waals surface area (Å²) in [6, 6.07) is 8.03. The fourth-order valence-electron chi connectivity index (χ4n) is 4.86. The highest BCUT2D eigenvalue weighted by atomic mass is 16.5. The van der Waals surface area contributed by atoms with Crippen LogP contribution >= 0.6 is 0 Å². The lowest BCUT2D eigenvalue weighted by Crippen LogP contribution is -2.37. The van der Waals surface area contributed by atoms with Crippen molar-refractivity contribution in [3.05, 3.63) is 48.4 Å². The third-order valence-corrected chi connectivity index (χ3v) is 6.89. The third-order valence-electron chi connectivity index (χ3n) is 6.89. The smallest absolute Gasteiger partial charge is 0.254 e. The fourth-order valence-corrected chi connectivity index (χ4v) is 4.86. The number of carbonyl (C=O) groups excluding carboxylic acids is 1. The van der Waals surface area contributed by atoms with E-state index in [1.54, 1.807) is 6.20 Å². The molecule has 3 aromatic rings. The van der Waals surface area contributed by atoms with Crippen LogP contribution in [0.3, 0.4) is 0 Å². The van der Waals surface area contributed by atoms with Gasteiger partial charge in [0.25, 0.3) is 5.91 Å². The van der Waals surface area contributed by atoms with Crippen molar-refractivity contribution in [3.63, 3.8) is 0 Å². The Morgan fingerprint density at radius 1 is 1.17 bits per heavy atom. The number of hydrogen-bond donors (Lipinski definition) is 4. The van der Waals surface area contributed by atoms with Gasteiger partial charge < -0.3 is 31.7 Å². The van der Waals surface area contributed by atoms with Crippen LogP contribution in [0.4, 0.5) is 23.1 Å². The number of carbonyl (C=O) groups is 1. The number of amides is 1. The van der Waals surface area contributed by atoms with Gasteiger partial charge >= 0.3 is 0 Å². The molecule has 2 aromatic heterocycles. The Morgan fingerprint density at radius 3 is 2.75 bits per heavy atom. The highest BCUT2D eigenvalue weighted by Crippen LogP contribution is 2.31. The normalized spacial score (nSPS) is 20.2. The van der Waals surface area contributed by atoms with Gasteiger partial charge in [-0.3, -0.25) is 4.79 Å². The van der Waals surface area contributed by atoms with E-state index in [-0.39, 0.29) is 11.6 Å². The zero-order chi connectivity index (χ0) is 24.9. The molecule has 6 N–H and O–H groups in total. The quantitative estimate of drug-likeness (QED) is 0.372. The SMILES string of the molecule is NC(=O)c1cnc(NC[C@@H]2CCCC[C@@H]2N)nc1Nc1ccc(-n2cccn2)c(N2CCOCC2)c1. The molecule has 0 spiro atoms. The molecule has 11 heteroatoms. The van der Waals surface area contributed by atoms with E-state index in [0.29, 0.717) is 37.4 Å². The van der Waals surface area contributed by atoms with Crippen LogP contribution in [0, 0.1) is 5.92 Å². The summed E-state index contributed by atoms with van der Waals surface area (Å²) < 4.78 is 7.38. The predicted octanol–water partition coefficient (Wildman–Crippen LogP) is 2.27. The van der Waals surface area contributed by atoms with Gasteiger partial charge in [-0.1, -0.05) is 12.8 Å². The topological polar surface area (TPSA) is 149 Å². The number of nitrogens with one attached hydrogen (secondary N) is 2. The van der Waals surface area contributed by atoms with E-state index in [1.807, 2.05) is 35.1 Å². The van der Waals surface area contributed by atoms with E-state index in [9.17, 15) is 4.79 Å². The van der Waals surface area contributed by atoms with E-state index in [0.717, 1.165) is 43.0 Å². The third kappa shape index (κ3) is 5.42. The van der Waals surface area contributed by atoms with E-state index < -0.39 is 5.91 Å². The highest BCUT2D eigenvalue weighted by Gasteiger charge is 2.22. The van der Waals surface area contributed by atoms with Gasteiger partial charge in [-0.05, 0) is 43.0 Å². The average Bonchev–Trinajstić information content (AvgIpc) is 3.44. The number of rotatable bonds is 8. The first kappa shape index (κ1) is 24.0. The van der Waals surface area contributed by atoms with Crippen molar-refractivity contribution in [2.75, 3.05) is 48.4 Å². The number of hydrogen-bond acceptors (Lipinski definition) is 9. The monoisotopic (exact) mass is 491 g/mol. The minimum Gasteiger partial charge on any atom is -0.378 e. The molecule has 11 nitrogen and oxygen atoms in total. The maximum absolute atomic E-state index is 12.1. The Labute approximate surface area is 210 Å².